The minimum atomic E-state index is -0.881. The number of hydrogen-bond donors (Lipinski definition) is 1. The van der Waals surface area contributed by atoms with E-state index in [1.54, 1.807) is 0 Å². The molecule has 1 saturated carbocycles. The van der Waals surface area contributed by atoms with Crippen LogP contribution in [0.3, 0.4) is 0 Å². The van der Waals surface area contributed by atoms with Crippen LogP contribution in [0.4, 0.5) is 8.78 Å². The molecule has 108 valence electrons. The van der Waals surface area contributed by atoms with Gasteiger partial charge in [-0.25, -0.2) is 18.7 Å². The number of benzene rings is 1. The average molecular weight is 289 g/mol. The Hall–Kier alpha value is -2.37. The smallest absolute Gasteiger partial charge is 0.257 e. The lowest BCUT2D eigenvalue weighted by atomic mass is 10.2. The molecule has 1 aromatic heterocycles. The number of amides is 1. The molecular formula is C15H13F2N3O. The van der Waals surface area contributed by atoms with Crippen LogP contribution < -0.4 is 5.32 Å². The lowest BCUT2D eigenvalue weighted by Crippen LogP contribution is -2.25. The summed E-state index contributed by atoms with van der Waals surface area (Å²) in [7, 11) is 0. The summed E-state index contributed by atoms with van der Waals surface area (Å²) in [6.45, 7) is 0.106. The lowest BCUT2D eigenvalue weighted by Gasteiger charge is -2.07. The van der Waals surface area contributed by atoms with Crippen LogP contribution in [0.15, 0.2) is 30.6 Å². The Kier molecular flexibility index (Phi) is 3.60. The van der Waals surface area contributed by atoms with Crippen molar-refractivity contribution in [3.63, 3.8) is 0 Å². The molecule has 1 aromatic carbocycles. The Bertz CT molecular complexity index is 666. The number of nitrogens with one attached hydrogen (secondary N) is 1. The van der Waals surface area contributed by atoms with Crippen LogP contribution in [0, 0.1) is 11.6 Å². The first-order valence-electron chi connectivity index (χ1n) is 6.68. The normalized spacial score (nSPS) is 14.0. The summed E-state index contributed by atoms with van der Waals surface area (Å²) in [4.78, 5) is 20.1. The van der Waals surface area contributed by atoms with Gasteiger partial charge in [0.1, 0.15) is 23.5 Å². The van der Waals surface area contributed by atoms with E-state index in [4.69, 9.17) is 0 Å². The molecule has 0 saturated heterocycles. The molecule has 3 rings (SSSR count). The van der Waals surface area contributed by atoms with E-state index in [2.05, 4.69) is 15.3 Å². The van der Waals surface area contributed by atoms with Crippen molar-refractivity contribution in [3.05, 3.63) is 59.2 Å². The second kappa shape index (κ2) is 5.55. The van der Waals surface area contributed by atoms with E-state index in [0.717, 1.165) is 30.7 Å². The van der Waals surface area contributed by atoms with E-state index in [0.29, 0.717) is 11.6 Å². The van der Waals surface area contributed by atoms with Crippen molar-refractivity contribution in [3.8, 4) is 0 Å². The van der Waals surface area contributed by atoms with Crippen molar-refractivity contribution in [2.75, 3.05) is 0 Å². The van der Waals surface area contributed by atoms with Crippen molar-refractivity contribution in [2.45, 2.75) is 25.3 Å². The molecule has 4 nitrogen and oxygen atoms in total. The molecular weight excluding hydrogens is 276 g/mol. The molecule has 2 aromatic rings. The Morgan fingerprint density at radius 3 is 2.62 bits per heavy atom. The van der Waals surface area contributed by atoms with Crippen LogP contribution in [0.1, 0.15) is 40.5 Å². The first-order chi connectivity index (χ1) is 10.1. The van der Waals surface area contributed by atoms with E-state index in [-0.39, 0.29) is 6.54 Å². The molecule has 0 spiro atoms. The predicted molar refractivity (Wildman–Crippen MR) is 71.5 cm³/mol. The van der Waals surface area contributed by atoms with Gasteiger partial charge in [0.25, 0.3) is 5.91 Å². The Labute approximate surface area is 120 Å². The molecule has 1 heterocycles. The average Bonchev–Trinajstić information content (AvgIpc) is 3.30. The van der Waals surface area contributed by atoms with Crippen LogP contribution >= 0.6 is 0 Å². The monoisotopic (exact) mass is 289 g/mol. The summed E-state index contributed by atoms with van der Waals surface area (Å²) in [6, 6.07) is 5.13. The highest BCUT2D eigenvalue weighted by molar-refractivity contribution is 5.94. The molecule has 0 unspecified atom stereocenters. The zero-order valence-electron chi connectivity index (χ0n) is 11.1. The SMILES string of the molecule is O=C(NCc1cc(C2CC2)ncn1)c1c(F)cccc1F. The van der Waals surface area contributed by atoms with Crippen molar-refractivity contribution in [1.82, 2.24) is 15.3 Å². The second-order valence-corrected chi connectivity index (χ2v) is 4.99. The van der Waals surface area contributed by atoms with Gasteiger partial charge in [-0.3, -0.25) is 4.79 Å². The third kappa shape index (κ3) is 3.04. The maximum absolute atomic E-state index is 13.5. The fraction of sp³-hybridized carbons (Fsp3) is 0.267. The maximum atomic E-state index is 13.5. The maximum Gasteiger partial charge on any atom is 0.257 e. The molecule has 1 aliphatic rings. The summed E-state index contributed by atoms with van der Waals surface area (Å²) in [6.07, 6.45) is 3.67. The Morgan fingerprint density at radius 1 is 1.24 bits per heavy atom. The molecule has 6 heteroatoms. The van der Waals surface area contributed by atoms with E-state index in [1.165, 1.54) is 12.4 Å². The minimum absolute atomic E-state index is 0.106. The number of aromatic nitrogens is 2. The number of carbonyl (C=O) groups excluding carboxylic acids is 1. The highest BCUT2D eigenvalue weighted by Crippen LogP contribution is 2.38. The fourth-order valence-corrected chi connectivity index (χ4v) is 2.09. The van der Waals surface area contributed by atoms with Crippen molar-refractivity contribution in [1.29, 1.82) is 0 Å². The summed E-state index contributed by atoms with van der Waals surface area (Å²) in [5.74, 6) is -2.08. The van der Waals surface area contributed by atoms with Gasteiger partial charge in [0.05, 0.1) is 12.2 Å². The number of halogens is 2. The summed E-state index contributed by atoms with van der Waals surface area (Å²) in [5.41, 5.74) is 0.997. The van der Waals surface area contributed by atoms with E-state index >= 15 is 0 Å². The number of carbonyl (C=O) groups is 1. The summed E-state index contributed by atoms with van der Waals surface area (Å²) < 4.78 is 27.0. The van der Waals surface area contributed by atoms with Gasteiger partial charge in [-0.05, 0) is 31.0 Å². The molecule has 0 atom stereocenters. The molecule has 1 amide bonds. The van der Waals surface area contributed by atoms with Crippen LogP contribution in [-0.4, -0.2) is 15.9 Å². The minimum Gasteiger partial charge on any atom is -0.346 e. The molecule has 1 aliphatic carbocycles. The highest BCUT2D eigenvalue weighted by Gasteiger charge is 2.25. The Morgan fingerprint density at radius 2 is 1.95 bits per heavy atom. The first kappa shape index (κ1) is 13.6. The van der Waals surface area contributed by atoms with Gasteiger partial charge >= 0.3 is 0 Å². The highest BCUT2D eigenvalue weighted by atomic mass is 19.1. The number of nitrogens with zero attached hydrogens (tertiary/aromatic N) is 2. The van der Waals surface area contributed by atoms with Crippen molar-refractivity contribution < 1.29 is 13.6 Å². The van der Waals surface area contributed by atoms with Crippen LogP contribution in [0.25, 0.3) is 0 Å². The third-order valence-electron chi connectivity index (χ3n) is 3.36. The second-order valence-electron chi connectivity index (χ2n) is 4.99. The lowest BCUT2D eigenvalue weighted by molar-refractivity contribution is 0.0942. The molecule has 1 N–H and O–H groups in total. The van der Waals surface area contributed by atoms with E-state index in [1.807, 2.05) is 6.07 Å². The molecule has 1 fully saturated rings. The quantitative estimate of drug-likeness (QED) is 0.941. The van der Waals surface area contributed by atoms with Crippen molar-refractivity contribution in [2.24, 2.45) is 0 Å². The fourth-order valence-electron chi connectivity index (χ4n) is 2.09. The van der Waals surface area contributed by atoms with Crippen LogP contribution in [0.2, 0.25) is 0 Å². The van der Waals surface area contributed by atoms with Gasteiger partial charge < -0.3 is 5.32 Å². The standard InChI is InChI=1S/C15H13F2N3O/c16-11-2-1-3-12(17)14(11)15(21)18-7-10-6-13(9-4-5-9)20-8-19-10/h1-3,6,8-9H,4-5,7H2,(H,18,21). The van der Waals surface area contributed by atoms with Gasteiger partial charge in [0.15, 0.2) is 0 Å². The zero-order chi connectivity index (χ0) is 14.8. The van der Waals surface area contributed by atoms with Crippen LogP contribution in [0.5, 0.6) is 0 Å². The summed E-state index contributed by atoms with van der Waals surface area (Å²) >= 11 is 0. The third-order valence-corrected chi connectivity index (χ3v) is 3.36. The topological polar surface area (TPSA) is 54.9 Å². The Balaban J connectivity index is 1.69. The summed E-state index contributed by atoms with van der Waals surface area (Å²) in [5, 5.41) is 2.47. The van der Waals surface area contributed by atoms with Gasteiger partial charge in [0.2, 0.25) is 0 Å². The molecule has 0 bridgehead atoms. The molecule has 21 heavy (non-hydrogen) atoms. The van der Waals surface area contributed by atoms with Gasteiger partial charge in [-0.2, -0.15) is 0 Å². The number of rotatable bonds is 4. The zero-order valence-corrected chi connectivity index (χ0v) is 11.1. The predicted octanol–water partition coefficient (Wildman–Crippen LogP) is 2.56. The van der Waals surface area contributed by atoms with Gasteiger partial charge in [-0.15, -0.1) is 0 Å². The van der Waals surface area contributed by atoms with Crippen LogP contribution in [-0.2, 0) is 6.54 Å². The molecule has 0 radical (unpaired) electrons. The number of hydrogen-bond acceptors (Lipinski definition) is 3. The molecule has 0 aliphatic heterocycles. The van der Waals surface area contributed by atoms with E-state index in [9.17, 15) is 13.6 Å². The largest absolute Gasteiger partial charge is 0.346 e. The van der Waals surface area contributed by atoms with Crippen molar-refractivity contribution >= 4 is 5.91 Å². The van der Waals surface area contributed by atoms with Gasteiger partial charge in [-0.1, -0.05) is 6.07 Å². The first-order valence-corrected chi connectivity index (χ1v) is 6.68. The van der Waals surface area contributed by atoms with E-state index < -0.39 is 23.1 Å². The van der Waals surface area contributed by atoms with Gasteiger partial charge in [0, 0.05) is 11.6 Å².